The quantitative estimate of drug-likeness (QED) is 0.716. The van der Waals surface area contributed by atoms with Crippen LogP contribution >= 0.6 is 0 Å². The Labute approximate surface area is 81.8 Å². The van der Waals surface area contributed by atoms with Crippen LogP contribution in [0.4, 0.5) is 5.82 Å². The summed E-state index contributed by atoms with van der Waals surface area (Å²) in [6.07, 6.45) is 1.71. The Morgan fingerprint density at radius 1 is 0.929 bits per heavy atom. The lowest BCUT2D eigenvalue weighted by Gasteiger charge is -2.01. The molecule has 1 aromatic heterocycles. The highest BCUT2D eigenvalue weighted by atomic mass is 16.3. The third kappa shape index (κ3) is 1.66. The van der Waals surface area contributed by atoms with Crippen LogP contribution in [0.2, 0.25) is 0 Å². The van der Waals surface area contributed by atoms with Gasteiger partial charge < -0.3 is 10.8 Å². The summed E-state index contributed by atoms with van der Waals surface area (Å²) in [4.78, 5) is 3.99. The lowest BCUT2D eigenvalue weighted by molar-refractivity contribution is 0.475. The number of anilines is 1. The lowest BCUT2D eigenvalue weighted by atomic mass is 10.1. The highest BCUT2D eigenvalue weighted by Crippen LogP contribution is 2.21. The molecule has 0 aliphatic heterocycles. The topological polar surface area (TPSA) is 59.1 Å². The summed E-state index contributed by atoms with van der Waals surface area (Å²) in [5.41, 5.74) is 7.47. The molecule has 70 valence electrons. The number of hydrogen-bond acceptors (Lipinski definition) is 3. The molecule has 0 radical (unpaired) electrons. The van der Waals surface area contributed by atoms with Gasteiger partial charge in [0.2, 0.25) is 0 Å². The van der Waals surface area contributed by atoms with Crippen LogP contribution in [-0.2, 0) is 0 Å². The van der Waals surface area contributed by atoms with Crippen molar-refractivity contribution in [1.29, 1.82) is 0 Å². The smallest absolute Gasteiger partial charge is 0.123 e. The monoisotopic (exact) mass is 186 g/mol. The highest BCUT2D eigenvalue weighted by molar-refractivity contribution is 5.64. The van der Waals surface area contributed by atoms with E-state index in [0.29, 0.717) is 5.82 Å². The largest absolute Gasteiger partial charge is 0.508 e. The first-order valence-electron chi connectivity index (χ1n) is 4.26. The van der Waals surface area contributed by atoms with Crippen LogP contribution in [-0.4, -0.2) is 10.1 Å². The number of nitrogens with zero attached hydrogens (tertiary/aromatic N) is 1. The average molecular weight is 186 g/mol. The van der Waals surface area contributed by atoms with Crippen molar-refractivity contribution in [3.63, 3.8) is 0 Å². The van der Waals surface area contributed by atoms with Crippen LogP contribution in [0.1, 0.15) is 0 Å². The second-order valence-corrected chi connectivity index (χ2v) is 3.02. The number of nitrogen functional groups attached to an aromatic ring is 1. The standard InChI is InChI=1S/C11H10N2O/c12-11-6-3-9(7-13-11)8-1-4-10(14)5-2-8/h1-7,14H,(H2,12,13). The van der Waals surface area contributed by atoms with Crippen molar-refractivity contribution in [2.45, 2.75) is 0 Å². The Bertz CT molecular complexity index is 377. The van der Waals surface area contributed by atoms with Crippen molar-refractivity contribution in [3.8, 4) is 16.9 Å². The number of benzene rings is 1. The molecule has 3 heteroatoms. The third-order valence-corrected chi connectivity index (χ3v) is 1.99. The summed E-state index contributed by atoms with van der Waals surface area (Å²) in [6.45, 7) is 0. The molecule has 14 heavy (non-hydrogen) atoms. The average Bonchev–Trinajstić information content (AvgIpc) is 2.21. The molecule has 3 nitrogen and oxygen atoms in total. The Kier molecular flexibility index (Phi) is 2.07. The maximum atomic E-state index is 9.11. The van der Waals surface area contributed by atoms with Crippen molar-refractivity contribution in [3.05, 3.63) is 42.6 Å². The van der Waals surface area contributed by atoms with E-state index in [9.17, 15) is 0 Å². The number of nitrogens with two attached hydrogens (primary N) is 1. The van der Waals surface area contributed by atoms with Crippen LogP contribution in [0.5, 0.6) is 5.75 Å². The predicted octanol–water partition coefficient (Wildman–Crippen LogP) is 2.04. The summed E-state index contributed by atoms with van der Waals surface area (Å²) in [6, 6.07) is 10.6. The first kappa shape index (κ1) is 8.56. The van der Waals surface area contributed by atoms with Crippen molar-refractivity contribution >= 4 is 5.82 Å². The molecule has 1 heterocycles. The van der Waals surface area contributed by atoms with Gasteiger partial charge in [0.25, 0.3) is 0 Å². The summed E-state index contributed by atoms with van der Waals surface area (Å²) < 4.78 is 0. The van der Waals surface area contributed by atoms with Gasteiger partial charge >= 0.3 is 0 Å². The minimum atomic E-state index is 0.261. The third-order valence-electron chi connectivity index (χ3n) is 1.99. The molecule has 0 aliphatic rings. The SMILES string of the molecule is Nc1ccc(-c2ccc(O)cc2)cn1. The molecule has 0 bridgehead atoms. The van der Waals surface area contributed by atoms with E-state index in [4.69, 9.17) is 10.8 Å². The molecule has 0 spiro atoms. The first-order chi connectivity index (χ1) is 6.75. The number of pyridine rings is 1. The van der Waals surface area contributed by atoms with Crippen LogP contribution in [0.25, 0.3) is 11.1 Å². The van der Waals surface area contributed by atoms with Crippen LogP contribution in [0.15, 0.2) is 42.6 Å². The van der Waals surface area contributed by atoms with Gasteiger partial charge in [-0.2, -0.15) is 0 Å². The van der Waals surface area contributed by atoms with E-state index < -0.39 is 0 Å². The Morgan fingerprint density at radius 3 is 2.14 bits per heavy atom. The number of phenols is 1. The molecular formula is C11H10N2O. The fraction of sp³-hybridized carbons (Fsp3) is 0. The van der Waals surface area contributed by atoms with Gasteiger partial charge in [0.05, 0.1) is 0 Å². The van der Waals surface area contributed by atoms with Crippen molar-refractivity contribution in [1.82, 2.24) is 4.98 Å². The lowest BCUT2D eigenvalue weighted by Crippen LogP contribution is -1.88. The molecule has 0 fully saturated rings. The van der Waals surface area contributed by atoms with E-state index in [0.717, 1.165) is 11.1 Å². The predicted molar refractivity (Wildman–Crippen MR) is 55.8 cm³/mol. The van der Waals surface area contributed by atoms with Crippen molar-refractivity contribution in [2.24, 2.45) is 0 Å². The number of aromatic nitrogens is 1. The molecule has 0 atom stereocenters. The molecule has 0 saturated heterocycles. The summed E-state index contributed by atoms with van der Waals surface area (Å²) in [5.74, 6) is 0.768. The van der Waals surface area contributed by atoms with Gasteiger partial charge in [-0.3, -0.25) is 0 Å². The van der Waals surface area contributed by atoms with Gasteiger partial charge in [-0.05, 0) is 29.8 Å². The van der Waals surface area contributed by atoms with Crippen LogP contribution < -0.4 is 5.73 Å². The van der Waals surface area contributed by atoms with E-state index in [1.165, 1.54) is 0 Å². The molecule has 2 aromatic rings. The number of rotatable bonds is 1. The van der Waals surface area contributed by atoms with E-state index in [1.807, 2.05) is 18.2 Å². The molecule has 1 aromatic carbocycles. The zero-order valence-electron chi connectivity index (χ0n) is 7.51. The minimum Gasteiger partial charge on any atom is -0.508 e. The zero-order chi connectivity index (χ0) is 9.97. The van der Waals surface area contributed by atoms with Gasteiger partial charge in [-0.15, -0.1) is 0 Å². The van der Waals surface area contributed by atoms with Gasteiger partial charge in [0, 0.05) is 11.8 Å². The Hall–Kier alpha value is -2.03. The fourth-order valence-corrected chi connectivity index (χ4v) is 1.23. The molecular weight excluding hydrogens is 176 g/mol. The fourth-order valence-electron chi connectivity index (χ4n) is 1.23. The zero-order valence-corrected chi connectivity index (χ0v) is 7.51. The van der Waals surface area contributed by atoms with Gasteiger partial charge in [-0.25, -0.2) is 4.98 Å². The summed E-state index contributed by atoms with van der Waals surface area (Å²) in [7, 11) is 0. The van der Waals surface area contributed by atoms with Crippen molar-refractivity contribution in [2.75, 3.05) is 5.73 Å². The molecule has 0 unspecified atom stereocenters. The first-order valence-corrected chi connectivity index (χ1v) is 4.26. The second kappa shape index (κ2) is 3.38. The van der Waals surface area contributed by atoms with E-state index >= 15 is 0 Å². The normalized spacial score (nSPS) is 10.0. The van der Waals surface area contributed by atoms with Gasteiger partial charge in [0.1, 0.15) is 11.6 Å². The van der Waals surface area contributed by atoms with E-state index in [-0.39, 0.29) is 5.75 Å². The minimum absolute atomic E-state index is 0.261. The van der Waals surface area contributed by atoms with Gasteiger partial charge in [0.15, 0.2) is 0 Å². The highest BCUT2D eigenvalue weighted by Gasteiger charge is 1.97. The molecule has 0 saturated carbocycles. The van der Waals surface area contributed by atoms with E-state index in [2.05, 4.69) is 4.98 Å². The van der Waals surface area contributed by atoms with Crippen molar-refractivity contribution < 1.29 is 5.11 Å². The van der Waals surface area contributed by atoms with Gasteiger partial charge in [-0.1, -0.05) is 12.1 Å². The second-order valence-electron chi connectivity index (χ2n) is 3.02. The Morgan fingerprint density at radius 2 is 1.57 bits per heavy atom. The molecule has 0 amide bonds. The van der Waals surface area contributed by atoms with Crippen LogP contribution in [0.3, 0.4) is 0 Å². The number of aromatic hydroxyl groups is 1. The van der Waals surface area contributed by atoms with E-state index in [1.54, 1.807) is 24.4 Å². The number of phenolic OH excluding ortho intramolecular Hbond substituents is 1. The number of hydrogen-bond donors (Lipinski definition) is 2. The molecule has 0 aliphatic carbocycles. The Balaban J connectivity index is 2.40. The summed E-state index contributed by atoms with van der Waals surface area (Å²) in [5, 5.41) is 9.11. The molecule has 3 N–H and O–H groups in total. The summed E-state index contributed by atoms with van der Waals surface area (Å²) >= 11 is 0. The maximum Gasteiger partial charge on any atom is 0.123 e. The maximum absolute atomic E-state index is 9.11. The molecule has 2 rings (SSSR count). The van der Waals surface area contributed by atoms with Crippen LogP contribution in [0, 0.1) is 0 Å².